The predicted molar refractivity (Wildman–Crippen MR) is 68.9 cm³/mol. The van der Waals surface area contributed by atoms with Crippen molar-refractivity contribution >= 4 is 0 Å². The topological polar surface area (TPSA) is 45.3 Å². The summed E-state index contributed by atoms with van der Waals surface area (Å²) in [5, 5.41) is 3.44. The Bertz CT molecular complexity index is 443. The molecule has 0 aromatic heterocycles. The van der Waals surface area contributed by atoms with Gasteiger partial charge in [-0.1, -0.05) is 60.7 Å². The fourth-order valence-corrected chi connectivity index (χ4v) is 2.01. The summed E-state index contributed by atoms with van der Waals surface area (Å²) in [6.07, 6.45) is -0.0599. The fraction of sp³-hybridized carbons (Fsp3) is 0.143. The highest BCUT2D eigenvalue weighted by Gasteiger charge is 2.22. The molecule has 2 aromatic rings. The van der Waals surface area contributed by atoms with Gasteiger partial charge in [0.2, 0.25) is 0 Å². The number of rotatable bonds is 2. The van der Waals surface area contributed by atoms with Crippen LogP contribution in [0.3, 0.4) is 0 Å². The average molecular weight is 241 g/mol. The van der Waals surface area contributed by atoms with Gasteiger partial charge >= 0.3 is 0 Å². The van der Waals surface area contributed by atoms with E-state index in [1.165, 1.54) is 0 Å². The van der Waals surface area contributed by atoms with Crippen molar-refractivity contribution in [3.8, 4) is 0 Å². The molecule has 2 unspecified atom stereocenters. The second kappa shape index (κ2) is 5.29. The lowest BCUT2D eigenvalue weighted by Crippen LogP contribution is -2.50. The van der Waals surface area contributed by atoms with Crippen molar-refractivity contribution in [1.29, 1.82) is 0 Å². The number of hydrogen-bond acceptors (Lipinski definition) is 4. The Morgan fingerprint density at radius 1 is 0.667 bits per heavy atom. The van der Waals surface area contributed by atoms with Crippen LogP contribution in [-0.2, 0) is 4.94 Å². The smallest absolute Gasteiger partial charge is 0.110 e. The van der Waals surface area contributed by atoms with Gasteiger partial charge in [-0.15, -0.1) is 0 Å². The van der Waals surface area contributed by atoms with E-state index in [1.807, 2.05) is 36.4 Å². The molecule has 2 atom stereocenters. The van der Waals surface area contributed by atoms with E-state index in [0.29, 0.717) is 0 Å². The zero-order chi connectivity index (χ0) is 12.2. The minimum atomic E-state index is -0.0299. The molecule has 1 fully saturated rings. The van der Waals surface area contributed by atoms with Gasteiger partial charge in [0.05, 0.1) is 0 Å². The van der Waals surface area contributed by atoms with Crippen LogP contribution in [-0.4, -0.2) is 0 Å². The largest absolute Gasteiger partial charge is 0.275 e. The summed E-state index contributed by atoms with van der Waals surface area (Å²) in [7, 11) is 0. The SMILES string of the molecule is c1ccc(C2NONC(c3ccccc3)N2)cc1. The molecule has 4 nitrogen and oxygen atoms in total. The lowest BCUT2D eigenvalue weighted by Gasteiger charge is -2.32. The number of nitrogens with one attached hydrogen (secondary N) is 3. The minimum absolute atomic E-state index is 0.0299. The molecule has 0 aliphatic carbocycles. The molecule has 0 amide bonds. The molecule has 1 heterocycles. The maximum absolute atomic E-state index is 5.24. The number of hydroxylamine groups is 2. The molecule has 3 N–H and O–H groups in total. The summed E-state index contributed by atoms with van der Waals surface area (Å²) >= 11 is 0. The summed E-state index contributed by atoms with van der Waals surface area (Å²) < 4.78 is 0. The van der Waals surface area contributed by atoms with Crippen molar-refractivity contribution in [2.45, 2.75) is 12.3 Å². The van der Waals surface area contributed by atoms with Crippen LogP contribution in [0.2, 0.25) is 0 Å². The van der Waals surface area contributed by atoms with Crippen LogP contribution in [0.25, 0.3) is 0 Å². The molecule has 0 saturated carbocycles. The van der Waals surface area contributed by atoms with E-state index in [2.05, 4.69) is 40.5 Å². The maximum Gasteiger partial charge on any atom is 0.110 e. The Balaban J connectivity index is 1.77. The van der Waals surface area contributed by atoms with Crippen LogP contribution in [0.5, 0.6) is 0 Å². The molecule has 0 spiro atoms. The Kier molecular flexibility index (Phi) is 3.34. The van der Waals surface area contributed by atoms with Gasteiger partial charge in [0.1, 0.15) is 12.3 Å². The highest BCUT2D eigenvalue weighted by molar-refractivity contribution is 5.21. The number of benzene rings is 2. The van der Waals surface area contributed by atoms with E-state index >= 15 is 0 Å². The molecular formula is C14H15N3O. The highest BCUT2D eigenvalue weighted by Crippen LogP contribution is 2.19. The fourth-order valence-electron chi connectivity index (χ4n) is 2.01. The maximum atomic E-state index is 5.24. The second-order valence-electron chi connectivity index (χ2n) is 4.19. The first-order valence-electron chi connectivity index (χ1n) is 5.96. The molecule has 2 aromatic carbocycles. The molecule has 0 radical (unpaired) electrons. The predicted octanol–water partition coefficient (Wildman–Crippen LogP) is 2.01. The van der Waals surface area contributed by atoms with Gasteiger partial charge in [-0.05, 0) is 11.1 Å². The summed E-state index contributed by atoms with van der Waals surface area (Å²) in [5.74, 6) is 0. The summed E-state index contributed by atoms with van der Waals surface area (Å²) in [5.41, 5.74) is 8.10. The zero-order valence-corrected chi connectivity index (χ0v) is 9.84. The summed E-state index contributed by atoms with van der Waals surface area (Å²) in [4.78, 5) is 5.24. The van der Waals surface area contributed by atoms with E-state index in [0.717, 1.165) is 11.1 Å². The molecular weight excluding hydrogens is 226 g/mol. The molecule has 1 aliphatic rings. The van der Waals surface area contributed by atoms with Gasteiger partial charge in [-0.25, -0.2) is 4.94 Å². The first kappa shape index (κ1) is 11.4. The molecule has 3 rings (SSSR count). The zero-order valence-electron chi connectivity index (χ0n) is 9.84. The Hall–Kier alpha value is -1.72. The van der Waals surface area contributed by atoms with Gasteiger partial charge in [0.15, 0.2) is 0 Å². The van der Waals surface area contributed by atoms with Crippen molar-refractivity contribution in [2.24, 2.45) is 0 Å². The van der Waals surface area contributed by atoms with Crippen molar-refractivity contribution in [3.63, 3.8) is 0 Å². The van der Waals surface area contributed by atoms with Crippen molar-refractivity contribution in [1.82, 2.24) is 16.3 Å². The second-order valence-corrected chi connectivity index (χ2v) is 4.19. The number of hydrogen-bond donors (Lipinski definition) is 3. The van der Waals surface area contributed by atoms with E-state index < -0.39 is 0 Å². The Morgan fingerprint density at radius 3 is 1.56 bits per heavy atom. The van der Waals surface area contributed by atoms with Crippen molar-refractivity contribution < 1.29 is 4.94 Å². The van der Waals surface area contributed by atoms with Crippen LogP contribution < -0.4 is 16.3 Å². The van der Waals surface area contributed by atoms with Gasteiger partial charge in [0, 0.05) is 0 Å². The molecule has 4 heteroatoms. The van der Waals surface area contributed by atoms with E-state index in [9.17, 15) is 0 Å². The molecule has 0 bridgehead atoms. The first-order chi connectivity index (χ1) is 8.93. The minimum Gasteiger partial charge on any atom is -0.275 e. The van der Waals surface area contributed by atoms with Crippen LogP contribution in [0.15, 0.2) is 60.7 Å². The van der Waals surface area contributed by atoms with Crippen molar-refractivity contribution in [3.05, 3.63) is 71.8 Å². The van der Waals surface area contributed by atoms with Crippen LogP contribution in [0, 0.1) is 0 Å². The Labute approximate surface area is 106 Å². The molecule has 92 valence electrons. The average Bonchev–Trinajstić information content (AvgIpc) is 2.49. The lowest BCUT2D eigenvalue weighted by atomic mass is 10.1. The standard InChI is InChI=1S/C14H15N3O/c1-3-7-11(8-4-1)13-15-14(17-18-16-13)12-9-5-2-6-10-12/h1-10,13-17H. The molecule has 1 saturated heterocycles. The van der Waals surface area contributed by atoms with Gasteiger partial charge < -0.3 is 0 Å². The third kappa shape index (κ3) is 2.42. The Morgan fingerprint density at radius 2 is 1.11 bits per heavy atom. The van der Waals surface area contributed by atoms with Crippen LogP contribution in [0.1, 0.15) is 23.5 Å². The van der Waals surface area contributed by atoms with Crippen LogP contribution in [0.4, 0.5) is 0 Å². The summed E-state index contributed by atoms with van der Waals surface area (Å²) in [6.45, 7) is 0. The van der Waals surface area contributed by atoms with E-state index in [4.69, 9.17) is 4.94 Å². The monoisotopic (exact) mass is 241 g/mol. The normalized spacial score (nSPS) is 23.8. The summed E-state index contributed by atoms with van der Waals surface area (Å²) in [6, 6.07) is 20.3. The molecule has 1 aliphatic heterocycles. The van der Waals surface area contributed by atoms with Gasteiger partial charge in [0.25, 0.3) is 0 Å². The quantitative estimate of drug-likeness (QED) is 0.752. The first-order valence-corrected chi connectivity index (χ1v) is 5.96. The van der Waals surface area contributed by atoms with E-state index in [1.54, 1.807) is 0 Å². The van der Waals surface area contributed by atoms with Gasteiger partial charge in [-0.2, -0.15) is 11.0 Å². The highest BCUT2D eigenvalue weighted by atomic mass is 16.8. The van der Waals surface area contributed by atoms with Gasteiger partial charge in [-0.3, -0.25) is 5.32 Å². The van der Waals surface area contributed by atoms with Crippen LogP contribution >= 0.6 is 0 Å². The van der Waals surface area contributed by atoms with E-state index in [-0.39, 0.29) is 12.3 Å². The van der Waals surface area contributed by atoms with Crippen molar-refractivity contribution in [2.75, 3.05) is 0 Å². The third-order valence-corrected chi connectivity index (χ3v) is 2.95. The molecule has 18 heavy (non-hydrogen) atoms. The third-order valence-electron chi connectivity index (χ3n) is 2.95. The lowest BCUT2D eigenvalue weighted by molar-refractivity contribution is -0.127.